The van der Waals surface area contributed by atoms with E-state index in [2.05, 4.69) is 47.7 Å². The maximum absolute atomic E-state index is 4.48. The molecule has 3 atom stereocenters. The molecule has 1 aromatic heterocycles. The lowest BCUT2D eigenvalue weighted by atomic mass is 9.79. The van der Waals surface area contributed by atoms with Crippen molar-refractivity contribution in [2.45, 2.75) is 64.6 Å². The van der Waals surface area contributed by atoms with Crippen molar-refractivity contribution >= 4 is 0 Å². The van der Waals surface area contributed by atoms with Gasteiger partial charge in [0.15, 0.2) is 0 Å². The minimum absolute atomic E-state index is 0.631. The number of aryl methyl sites for hydroxylation is 1. The highest BCUT2D eigenvalue weighted by Crippen LogP contribution is 2.31. The SMILES string of the molecule is CCCC1CCC(NCC)C(N(C)Cc2nccn2C)C1. The maximum atomic E-state index is 4.48. The molecule has 1 N–H and O–H groups in total. The fraction of sp³-hybridized carbons (Fsp3) is 0.824. The zero-order chi connectivity index (χ0) is 15.2. The van der Waals surface area contributed by atoms with Crippen LogP contribution in [-0.4, -0.2) is 40.1 Å². The molecule has 0 aliphatic heterocycles. The van der Waals surface area contributed by atoms with Crippen molar-refractivity contribution in [3.63, 3.8) is 0 Å². The summed E-state index contributed by atoms with van der Waals surface area (Å²) in [6.45, 7) is 6.53. The van der Waals surface area contributed by atoms with Gasteiger partial charge in [0.1, 0.15) is 5.82 Å². The molecule has 120 valence electrons. The van der Waals surface area contributed by atoms with Crippen LogP contribution in [0.1, 0.15) is 51.8 Å². The van der Waals surface area contributed by atoms with Crippen molar-refractivity contribution in [1.29, 1.82) is 0 Å². The molecule has 21 heavy (non-hydrogen) atoms. The van der Waals surface area contributed by atoms with E-state index >= 15 is 0 Å². The van der Waals surface area contributed by atoms with E-state index in [1.54, 1.807) is 0 Å². The average molecular weight is 292 g/mol. The highest BCUT2D eigenvalue weighted by molar-refractivity contribution is 4.95. The number of aromatic nitrogens is 2. The lowest BCUT2D eigenvalue weighted by Gasteiger charge is -2.41. The van der Waals surface area contributed by atoms with E-state index in [1.807, 2.05) is 12.4 Å². The molecule has 0 spiro atoms. The van der Waals surface area contributed by atoms with Crippen LogP contribution in [0.5, 0.6) is 0 Å². The summed E-state index contributed by atoms with van der Waals surface area (Å²) in [7, 11) is 4.34. The summed E-state index contributed by atoms with van der Waals surface area (Å²) >= 11 is 0. The first kappa shape index (κ1) is 16.5. The molecule has 0 saturated heterocycles. The van der Waals surface area contributed by atoms with E-state index in [0.29, 0.717) is 12.1 Å². The molecule has 1 aromatic rings. The fourth-order valence-corrected chi connectivity index (χ4v) is 3.78. The number of likely N-dealkylation sites (N-methyl/N-ethyl adjacent to an activating group) is 2. The molecule has 4 heteroatoms. The van der Waals surface area contributed by atoms with Crippen LogP contribution in [0.15, 0.2) is 12.4 Å². The minimum Gasteiger partial charge on any atom is -0.337 e. The molecule has 2 rings (SSSR count). The van der Waals surface area contributed by atoms with Crippen LogP contribution in [0.25, 0.3) is 0 Å². The Balaban J connectivity index is 2.01. The molecule has 0 aromatic carbocycles. The van der Waals surface area contributed by atoms with Crippen molar-refractivity contribution < 1.29 is 0 Å². The number of hydrogen-bond acceptors (Lipinski definition) is 3. The summed E-state index contributed by atoms with van der Waals surface area (Å²) in [5.74, 6) is 2.06. The van der Waals surface area contributed by atoms with Gasteiger partial charge < -0.3 is 9.88 Å². The first-order chi connectivity index (χ1) is 10.2. The lowest BCUT2D eigenvalue weighted by Crippen LogP contribution is -2.52. The Bertz CT molecular complexity index is 415. The number of nitrogens with one attached hydrogen (secondary N) is 1. The average Bonchev–Trinajstić information content (AvgIpc) is 2.86. The Kier molecular flexibility index (Phi) is 6.24. The second-order valence-corrected chi connectivity index (χ2v) is 6.57. The van der Waals surface area contributed by atoms with E-state index in [4.69, 9.17) is 0 Å². The second kappa shape index (κ2) is 7.95. The zero-order valence-corrected chi connectivity index (χ0v) is 14.2. The van der Waals surface area contributed by atoms with Crippen molar-refractivity contribution in [3.05, 3.63) is 18.2 Å². The first-order valence-corrected chi connectivity index (χ1v) is 8.55. The number of rotatable bonds is 7. The van der Waals surface area contributed by atoms with Crippen LogP contribution in [0.4, 0.5) is 0 Å². The van der Waals surface area contributed by atoms with Crippen LogP contribution in [-0.2, 0) is 13.6 Å². The van der Waals surface area contributed by atoms with Gasteiger partial charge in [-0.15, -0.1) is 0 Å². The monoisotopic (exact) mass is 292 g/mol. The summed E-state index contributed by atoms with van der Waals surface area (Å²) < 4.78 is 2.13. The summed E-state index contributed by atoms with van der Waals surface area (Å²) in [5.41, 5.74) is 0. The maximum Gasteiger partial charge on any atom is 0.122 e. The summed E-state index contributed by atoms with van der Waals surface area (Å²) in [5, 5.41) is 3.70. The molecule has 1 fully saturated rings. The Labute approximate surface area is 129 Å². The molecule has 0 amide bonds. The molecule has 4 nitrogen and oxygen atoms in total. The first-order valence-electron chi connectivity index (χ1n) is 8.55. The Morgan fingerprint density at radius 2 is 2.19 bits per heavy atom. The van der Waals surface area contributed by atoms with Crippen LogP contribution in [0, 0.1) is 5.92 Å². The zero-order valence-electron chi connectivity index (χ0n) is 14.2. The predicted octanol–water partition coefficient (Wildman–Crippen LogP) is 2.80. The van der Waals surface area contributed by atoms with Crippen molar-refractivity contribution in [1.82, 2.24) is 19.8 Å². The van der Waals surface area contributed by atoms with E-state index < -0.39 is 0 Å². The van der Waals surface area contributed by atoms with Gasteiger partial charge in [-0.1, -0.05) is 26.7 Å². The third-order valence-corrected chi connectivity index (χ3v) is 4.97. The fourth-order valence-electron chi connectivity index (χ4n) is 3.78. The largest absolute Gasteiger partial charge is 0.337 e. The molecule has 1 aliphatic carbocycles. The van der Waals surface area contributed by atoms with Crippen molar-refractivity contribution in [3.8, 4) is 0 Å². The molecular weight excluding hydrogens is 260 g/mol. The molecule has 1 heterocycles. The molecule has 1 aliphatic rings. The Hall–Kier alpha value is -0.870. The lowest BCUT2D eigenvalue weighted by molar-refractivity contribution is 0.108. The normalized spacial score (nSPS) is 26.4. The van der Waals surface area contributed by atoms with Gasteiger partial charge in [0.05, 0.1) is 6.54 Å². The molecule has 3 unspecified atom stereocenters. The predicted molar refractivity (Wildman–Crippen MR) is 88.2 cm³/mol. The van der Waals surface area contributed by atoms with Crippen molar-refractivity contribution in [2.75, 3.05) is 13.6 Å². The molecule has 0 radical (unpaired) electrons. The highest BCUT2D eigenvalue weighted by Gasteiger charge is 2.32. The summed E-state index contributed by atoms with van der Waals surface area (Å²) in [6.07, 6.45) is 10.6. The van der Waals surface area contributed by atoms with Crippen LogP contribution < -0.4 is 5.32 Å². The summed E-state index contributed by atoms with van der Waals surface area (Å²) in [4.78, 5) is 6.99. The van der Waals surface area contributed by atoms with Crippen molar-refractivity contribution in [2.24, 2.45) is 13.0 Å². The van der Waals surface area contributed by atoms with Gasteiger partial charge in [-0.05, 0) is 38.8 Å². The molecule has 0 bridgehead atoms. The van der Waals surface area contributed by atoms with E-state index in [9.17, 15) is 0 Å². The minimum atomic E-state index is 0.631. The van der Waals surface area contributed by atoms with E-state index in [1.165, 1.54) is 32.1 Å². The topological polar surface area (TPSA) is 33.1 Å². The standard InChI is InChI=1S/C17H32N4/c1-5-7-14-8-9-15(18-6-2)16(12-14)21(4)13-17-19-10-11-20(17)3/h10-11,14-16,18H,5-9,12-13H2,1-4H3. The third-order valence-electron chi connectivity index (χ3n) is 4.97. The Morgan fingerprint density at radius 1 is 1.38 bits per heavy atom. The summed E-state index contributed by atoms with van der Waals surface area (Å²) in [6, 6.07) is 1.26. The van der Waals surface area contributed by atoms with Gasteiger partial charge in [0, 0.05) is 31.5 Å². The van der Waals surface area contributed by atoms with Gasteiger partial charge in [0.25, 0.3) is 0 Å². The van der Waals surface area contributed by atoms with Crippen LogP contribution in [0.3, 0.4) is 0 Å². The third kappa shape index (κ3) is 4.30. The number of hydrogen-bond donors (Lipinski definition) is 1. The van der Waals surface area contributed by atoms with Gasteiger partial charge in [-0.2, -0.15) is 0 Å². The number of imidazole rings is 1. The van der Waals surface area contributed by atoms with Gasteiger partial charge in [-0.3, -0.25) is 4.90 Å². The smallest absolute Gasteiger partial charge is 0.122 e. The van der Waals surface area contributed by atoms with E-state index in [-0.39, 0.29) is 0 Å². The van der Waals surface area contributed by atoms with Crippen LogP contribution >= 0.6 is 0 Å². The molecule has 1 saturated carbocycles. The van der Waals surface area contributed by atoms with Gasteiger partial charge in [0.2, 0.25) is 0 Å². The highest BCUT2D eigenvalue weighted by atomic mass is 15.2. The second-order valence-electron chi connectivity index (χ2n) is 6.57. The Morgan fingerprint density at radius 3 is 2.81 bits per heavy atom. The van der Waals surface area contributed by atoms with E-state index in [0.717, 1.165) is 24.8 Å². The van der Waals surface area contributed by atoms with Crippen LogP contribution in [0.2, 0.25) is 0 Å². The quantitative estimate of drug-likeness (QED) is 0.839. The van der Waals surface area contributed by atoms with Gasteiger partial charge in [-0.25, -0.2) is 4.98 Å². The molecular formula is C17H32N4. The van der Waals surface area contributed by atoms with Gasteiger partial charge >= 0.3 is 0 Å². The number of nitrogens with zero attached hydrogens (tertiary/aromatic N) is 3.